The molecule has 0 aliphatic carbocycles. The Bertz CT molecular complexity index is 1040. The Morgan fingerprint density at radius 3 is 2.33 bits per heavy atom. The normalized spacial score (nSPS) is 11.3. The van der Waals surface area contributed by atoms with E-state index >= 15 is 0 Å². The van der Waals surface area contributed by atoms with Crippen LogP contribution in [0.1, 0.15) is 19.1 Å². The van der Waals surface area contributed by atoms with Crippen LogP contribution in [0.25, 0.3) is 22.4 Å². The summed E-state index contributed by atoms with van der Waals surface area (Å²) in [4.78, 5) is 11.4. The summed E-state index contributed by atoms with van der Waals surface area (Å²) in [6.07, 6.45) is 0.0678. The van der Waals surface area contributed by atoms with Gasteiger partial charge in [0.2, 0.25) is 5.91 Å². The van der Waals surface area contributed by atoms with Gasteiger partial charge in [0.25, 0.3) is 10.0 Å². The minimum absolute atomic E-state index is 0.0312. The second kappa shape index (κ2) is 7.73. The molecule has 140 valence electrons. The van der Waals surface area contributed by atoms with E-state index in [2.05, 4.69) is 5.16 Å². The smallest absolute Gasteiger partial charge is 0.264 e. The van der Waals surface area contributed by atoms with Crippen molar-refractivity contribution in [1.82, 2.24) is 9.88 Å². The number of amides is 1. The highest BCUT2D eigenvalue weighted by Crippen LogP contribution is 2.35. The van der Waals surface area contributed by atoms with Crippen molar-refractivity contribution in [3.63, 3.8) is 0 Å². The number of aliphatic hydroxyl groups excluding tert-OH is 1. The monoisotopic (exact) mass is 386 g/mol. The van der Waals surface area contributed by atoms with Gasteiger partial charge in [0.1, 0.15) is 12.3 Å². The van der Waals surface area contributed by atoms with E-state index < -0.39 is 15.9 Å². The number of aliphatic hydroxyl groups is 1. The fraction of sp³-hybridized carbons (Fsp3) is 0.158. The molecule has 0 aliphatic rings. The molecule has 0 aliphatic heterocycles. The van der Waals surface area contributed by atoms with E-state index in [1.54, 1.807) is 19.1 Å². The molecule has 0 bridgehead atoms. The Balaban J connectivity index is 2.01. The third kappa shape index (κ3) is 3.91. The van der Waals surface area contributed by atoms with Gasteiger partial charge in [-0.15, -0.1) is 0 Å². The quantitative estimate of drug-likeness (QED) is 0.674. The van der Waals surface area contributed by atoms with Gasteiger partial charge in [0.15, 0.2) is 5.76 Å². The highest BCUT2D eigenvalue weighted by atomic mass is 32.2. The molecular formula is C19H18N2O5S. The highest BCUT2D eigenvalue weighted by molar-refractivity contribution is 7.90. The molecule has 7 nitrogen and oxygen atoms in total. The third-order valence-corrected chi connectivity index (χ3v) is 5.37. The van der Waals surface area contributed by atoms with E-state index in [4.69, 9.17) is 4.52 Å². The Hall–Kier alpha value is -2.97. The summed E-state index contributed by atoms with van der Waals surface area (Å²) >= 11 is 0. The maximum atomic E-state index is 12.2. The molecule has 1 heterocycles. The van der Waals surface area contributed by atoms with Crippen LogP contribution in [-0.4, -0.2) is 24.6 Å². The first-order chi connectivity index (χ1) is 13.0. The standard InChI is InChI=1S/C19H18N2O5S/c1-2-17(23)21-27(24,25)15-10-8-13(9-11-15)18-16(12-22)26-20-19(18)14-6-4-3-5-7-14/h3-11,22H,2,12H2,1H3,(H,21,23). The summed E-state index contributed by atoms with van der Waals surface area (Å²) < 4.78 is 31.7. The number of hydrogen-bond donors (Lipinski definition) is 2. The molecule has 2 aromatic carbocycles. The molecule has 3 aromatic rings. The van der Waals surface area contributed by atoms with E-state index in [-0.39, 0.29) is 23.7 Å². The highest BCUT2D eigenvalue weighted by Gasteiger charge is 2.21. The fourth-order valence-corrected chi connectivity index (χ4v) is 3.66. The molecule has 27 heavy (non-hydrogen) atoms. The molecular weight excluding hydrogens is 368 g/mol. The van der Waals surface area contributed by atoms with Crippen molar-refractivity contribution >= 4 is 15.9 Å². The number of carbonyl (C=O) groups excluding carboxylic acids is 1. The molecule has 3 rings (SSSR count). The predicted molar refractivity (Wildman–Crippen MR) is 98.9 cm³/mol. The zero-order valence-electron chi connectivity index (χ0n) is 14.5. The molecule has 0 atom stereocenters. The van der Waals surface area contributed by atoms with Crippen molar-refractivity contribution in [2.45, 2.75) is 24.8 Å². The van der Waals surface area contributed by atoms with Crippen LogP contribution in [0, 0.1) is 0 Å². The van der Waals surface area contributed by atoms with Crippen LogP contribution in [0.15, 0.2) is 64.0 Å². The second-order valence-electron chi connectivity index (χ2n) is 5.76. The third-order valence-electron chi connectivity index (χ3n) is 3.98. The topological polar surface area (TPSA) is 110 Å². The molecule has 0 saturated carbocycles. The van der Waals surface area contributed by atoms with Crippen molar-refractivity contribution in [2.75, 3.05) is 0 Å². The number of aromatic nitrogens is 1. The second-order valence-corrected chi connectivity index (χ2v) is 7.44. The van der Waals surface area contributed by atoms with Crippen LogP contribution < -0.4 is 4.72 Å². The summed E-state index contributed by atoms with van der Waals surface area (Å²) in [6.45, 7) is 1.23. The largest absolute Gasteiger partial charge is 0.388 e. The van der Waals surface area contributed by atoms with Crippen LogP contribution in [0.5, 0.6) is 0 Å². The van der Waals surface area contributed by atoms with E-state index in [1.807, 2.05) is 35.1 Å². The lowest BCUT2D eigenvalue weighted by molar-refractivity contribution is -0.119. The molecule has 8 heteroatoms. The molecule has 0 saturated heterocycles. The first-order valence-electron chi connectivity index (χ1n) is 8.27. The van der Waals surface area contributed by atoms with Crippen LogP contribution >= 0.6 is 0 Å². The zero-order chi connectivity index (χ0) is 19.4. The van der Waals surface area contributed by atoms with Gasteiger partial charge in [0, 0.05) is 12.0 Å². The van der Waals surface area contributed by atoms with Gasteiger partial charge in [0.05, 0.1) is 10.5 Å². The summed E-state index contributed by atoms with van der Waals surface area (Å²) in [5, 5.41) is 13.6. The maximum absolute atomic E-state index is 12.2. The minimum Gasteiger partial charge on any atom is -0.388 e. The number of rotatable bonds is 6. The fourth-order valence-electron chi connectivity index (χ4n) is 2.60. The van der Waals surface area contributed by atoms with E-state index in [0.717, 1.165) is 5.56 Å². The lowest BCUT2D eigenvalue weighted by Gasteiger charge is -2.08. The Kier molecular flexibility index (Phi) is 5.38. The van der Waals surface area contributed by atoms with Crippen LogP contribution in [0.3, 0.4) is 0 Å². The van der Waals surface area contributed by atoms with Gasteiger partial charge >= 0.3 is 0 Å². The molecule has 0 radical (unpaired) electrons. The lowest BCUT2D eigenvalue weighted by atomic mass is 9.99. The Labute approximate surface area is 156 Å². The number of nitrogens with one attached hydrogen (secondary N) is 1. The van der Waals surface area contributed by atoms with Crippen LogP contribution in [0.2, 0.25) is 0 Å². The summed E-state index contributed by atoms with van der Waals surface area (Å²) in [6, 6.07) is 15.3. The molecule has 1 amide bonds. The van der Waals surface area contributed by atoms with Gasteiger partial charge in [-0.3, -0.25) is 4.79 Å². The van der Waals surface area contributed by atoms with Gasteiger partial charge in [-0.1, -0.05) is 54.5 Å². The van der Waals surface area contributed by atoms with Crippen LogP contribution in [-0.2, 0) is 21.4 Å². The SMILES string of the molecule is CCC(=O)NS(=O)(=O)c1ccc(-c2c(-c3ccccc3)noc2CO)cc1. The number of sulfonamides is 1. The van der Waals surface area contributed by atoms with Crippen molar-refractivity contribution in [3.8, 4) is 22.4 Å². The molecule has 1 aromatic heterocycles. The average Bonchev–Trinajstić information content (AvgIpc) is 3.12. The van der Waals surface area contributed by atoms with Crippen molar-refractivity contribution in [1.29, 1.82) is 0 Å². The van der Waals surface area contributed by atoms with E-state index in [0.29, 0.717) is 16.8 Å². The summed E-state index contributed by atoms with van der Waals surface area (Å²) in [7, 11) is -3.92. The first-order valence-corrected chi connectivity index (χ1v) is 9.75. The van der Waals surface area contributed by atoms with Gasteiger partial charge in [-0.25, -0.2) is 13.1 Å². The van der Waals surface area contributed by atoms with Gasteiger partial charge < -0.3 is 9.63 Å². The maximum Gasteiger partial charge on any atom is 0.264 e. The predicted octanol–water partition coefficient (Wildman–Crippen LogP) is 2.72. The van der Waals surface area contributed by atoms with Crippen LogP contribution in [0.4, 0.5) is 0 Å². The lowest BCUT2D eigenvalue weighted by Crippen LogP contribution is -2.29. The van der Waals surface area contributed by atoms with E-state index in [1.165, 1.54) is 12.1 Å². The minimum atomic E-state index is -3.92. The number of benzene rings is 2. The van der Waals surface area contributed by atoms with Gasteiger partial charge in [-0.05, 0) is 17.7 Å². The Morgan fingerprint density at radius 2 is 1.74 bits per heavy atom. The van der Waals surface area contributed by atoms with Crippen molar-refractivity contribution in [3.05, 3.63) is 60.4 Å². The first kappa shape index (κ1) is 18.8. The van der Waals surface area contributed by atoms with Crippen molar-refractivity contribution in [2.24, 2.45) is 0 Å². The number of carbonyl (C=O) groups is 1. The van der Waals surface area contributed by atoms with Gasteiger partial charge in [-0.2, -0.15) is 0 Å². The zero-order valence-corrected chi connectivity index (χ0v) is 15.4. The average molecular weight is 386 g/mol. The summed E-state index contributed by atoms with van der Waals surface area (Å²) in [5.41, 5.74) is 2.59. The number of hydrogen-bond acceptors (Lipinski definition) is 6. The molecule has 0 unspecified atom stereocenters. The number of nitrogens with zero attached hydrogens (tertiary/aromatic N) is 1. The van der Waals surface area contributed by atoms with E-state index in [9.17, 15) is 18.3 Å². The summed E-state index contributed by atoms with van der Waals surface area (Å²) in [5.74, 6) is -0.296. The Morgan fingerprint density at radius 1 is 1.07 bits per heavy atom. The molecule has 0 fully saturated rings. The molecule has 2 N–H and O–H groups in total. The van der Waals surface area contributed by atoms with Crippen molar-refractivity contribution < 1.29 is 22.8 Å². The molecule has 0 spiro atoms.